The fraction of sp³-hybridized carbons (Fsp3) is 0.438. The molecule has 0 saturated heterocycles. The highest BCUT2D eigenvalue weighted by atomic mass is 32.1. The fourth-order valence-electron chi connectivity index (χ4n) is 2.32. The van der Waals surface area contributed by atoms with E-state index in [4.69, 9.17) is 0 Å². The van der Waals surface area contributed by atoms with E-state index in [1.807, 2.05) is 6.20 Å². The summed E-state index contributed by atoms with van der Waals surface area (Å²) in [7, 11) is 0. The van der Waals surface area contributed by atoms with Crippen molar-refractivity contribution in [1.29, 1.82) is 0 Å². The Hall–Kier alpha value is -1.19. The van der Waals surface area contributed by atoms with E-state index in [-0.39, 0.29) is 0 Å². The van der Waals surface area contributed by atoms with Crippen molar-refractivity contribution in [3.05, 3.63) is 52.5 Å². The number of thiazole rings is 1. The summed E-state index contributed by atoms with van der Waals surface area (Å²) in [4.78, 5) is 4.47. The van der Waals surface area contributed by atoms with E-state index >= 15 is 0 Å². The van der Waals surface area contributed by atoms with E-state index in [1.54, 1.807) is 11.3 Å². The van der Waals surface area contributed by atoms with Crippen molar-refractivity contribution in [2.45, 2.75) is 45.2 Å². The van der Waals surface area contributed by atoms with Crippen LogP contribution >= 0.6 is 11.3 Å². The molecule has 2 unspecified atom stereocenters. The second-order valence-corrected chi connectivity index (χ2v) is 6.22. The van der Waals surface area contributed by atoms with Gasteiger partial charge in [0.1, 0.15) is 5.01 Å². The van der Waals surface area contributed by atoms with Crippen molar-refractivity contribution in [1.82, 2.24) is 10.3 Å². The first-order chi connectivity index (χ1) is 9.16. The van der Waals surface area contributed by atoms with E-state index < -0.39 is 0 Å². The zero-order valence-corrected chi connectivity index (χ0v) is 12.7. The Kier molecular flexibility index (Phi) is 5.11. The molecule has 2 nitrogen and oxygen atoms in total. The van der Waals surface area contributed by atoms with Crippen LogP contribution in [0.15, 0.2) is 41.9 Å². The van der Waals surface area contributed by atoms with Gasteiger partial charge < -0.3 is 5.32 Å². The quantitative estimate of drug-likeness (QED) is 0.845. The Morgan fingerprint density at radius 3 is 2.47 bits per heavy atom. The molecule has 19 heavy (non-hydrogen) atoms. The summed E-state index contributed by atoms with van der Waals surface area (Å²) >= 11 is 1.74. The molecule has 0 saturated carbocycles. The van der Waals surface area contributed by atoms with Crippen LogP contribution in [0.5, 0.6) is 0 Å². The molecule has 1 aromatic carbocycles. The van der Waals surface area contributed by atoms with Crippen molar-refractivity contribution in [3.8, 4) is 0 Å². The molecule has 0 aliphatic rings. The zero-order chi connectivity index (χ0) is 13.7. The van der Waals surface area contributed by atoms with Gasteiger partial charge in [-0.25, -0.2) is 4.98 Å². The number of benzene rings is 1. The van der Waals surface area contributed by atoms with Crippen LogP contribution in [0, 0.1) is 0 Å². The van der Waals surface area contributed by atoms with Crippen molar-refractivity contribution >= 4 is 11.3 Å². The van der Waals surface area contributed by atoms with Crippen LogP contribution < -0.4 is 5.32 Å². The van der Waals surface area contributed by atoms with E-state index in [0.29, 0.717) is 18.0 Å². The molecule has 3 heteroatoms. The normalized spacial score (nSPS) is 14.5. The lowest BCUT2D eigenvalue weighted by atomic mass is 9.94. The lowest BCUT2D eigenvalue weighted by molar-refractivity contribution is 0.426. The molecular formula is C16H22N2S. The first-order valence-electron chi connectivity index (χ1n) is 6.87. The molecule has 2 rings (SSSR count). The van der Waals surface area contributed by atoms with E-state index in [9.17, 15) is 0 Å². The van der Waals surface area contributed by atoms with Gasteiger partial charge in [0.2, 0.25) is 0 Å². The smallest absolute Gasteiger partial charge is 0.110 e. The highest BCUT2D eigenvalue weighted by Crippen LogP contribution is 2.29. The number of hydrogen-bond donors (Lipinski definition) is 1. The standard InChI is InChI=1S/C16H22N2S/c1-12(2)18-15(16-17-9-10-19-16)11-13(3)14-7-5-4-6-8-14/h4-10,12-13,15,18H,11H2,1-3H3. The second-order valence-electron chi connectivity index (χ2n) is 5.29. The highest BCUT2D eigenvalue weighted by Gasteiger charge is 2.19. The Morgan fingerprint density at radius 2 is 1.89 bits per heavy atom. The van der Waals surface area contributed by atoms with E-state index in [1.165, 1.54) is 10.6 Å². The third-order valence-electron chi connectivity index (χ3n) is 3.24. The van der Waals surface area contributed by atoms with Crippen molar-refractivity contribution in [2.24, 2.45) is 0 Å². The predicted molar refractivity (Wildman–Crippen MR) is 82.6 cm³/mol. The number of aromatic nitrogens is 1. The van der Waals surface area contributed by atoms with Crippen molar-refractivity contribution < 1.29 is 0 Å². The molecule has 0 fully saturated rings. The largest absolute Gasteiger partial charge is 0.306 e. The van der Waals surface area contributed by atoms with Crippen molar-refractivity contribution in [2.75, 3.05) is 0 Å². The lowest BCUT2D eigenvalue weighted by Crippen LogP contribution is -2.29. The van der Waals surface area contributed by atoms with Gasteiger partial charge in [0.25, 0.3) is 0 Å². The monoisotopic (exact) mass is 274 g/mol. The minimum atomic E-state index is 0.343. The van der Waals surface area contributed by atoms with Gasteiger partial charge >= 0.3 is 0 Å². The van der Waals surface area contributed by atoms with Gasteiger partial charge in [-0.3, -0.25) is 0 Å². The average Bonchev–Trinajstić information content (AvgIpc) is 2.92. The predicted octanol–water partition coefficient (Wildman–Crippen LogP) is 4.38. The number of hydrogen-bond acceptors (Lipinski definition) is 3. The van der Waals surface area contributed by atoms with Crippen LogP contribution in [0.2, 0.25) is 0 Å². The average molecular weight is 274 g/mol. The molecule has 2 atom stereocenters. The molecule has 0 bridgehead atoms. The first-order valence-corrected chi connectivity index (χ1v) is 7.75. The summed E-state index contributed by atoms with van der Waals surface area (Å²) in [6.45, 7) is 6.67. The Bertz CT molecular complexity index is 465. The SMILES string of the molecule is CC(C)NC(CC(C)c1ccccc1)c1nccs1. The van der Waals surface area contributed by atoms with Gasteiger partial charge in [-0.2, -0.15) is 0 Å². The maximum absolute atomic E-state index is 4.47. The molecule has 1 N–H and O–H groups in total. The molecule has 0 aliphatic heterocycles. The summed E-state index contributed by atoms with van der Waals surface area (Å²) < 4.78 is 0. The molecule has 0 amide bonds. The van der Waals surface area contributed by atoms with Gasteiger partial charge in [-0.05, 0) is 17.9 Å². The van der Waals surface area contributed by atoms with Crippen molar-refractivity contribution in [3.63, 3.8) is 0 Å². The molecule has 0 radical (unpaired) electrons. The van der Waals surface area contributed by atoms with Crippen LogP contribution in [0.3, 0.4) is 0 Å². The summed E-state index contributed by atoms with van der Waals surface area (Å²) in [6, 6.07) is 11.5. The summed E-state index contributed by atoms with van der Waals surface area (Å²) in [5.41, 5.74) is 1.40. The van der Waals surface area contributed by atoms with Crippen LogP contribution in [-0.4, -0.2) is 11.0 Å². The summed E-state index contributed by atoms with van der Waals surface area (Å²) in [5.74, 6) is 0.529. The van der Waals surface area contributed by atoms with Gasteiger partial charge in [-0.1, -0.05) is 51.1 Å². The molecule has 0 aliphatic carbocycles. The number of nitrogens with zero attached hydrogens (tertiary/aromatic N) is 1. The number of rotatable bonds is 6. The highest BCUT2D eigenvalue weighted by molar-refractivity contribution is 7.09. The topological polar surface area (TPSA) is 24.9 Å². The molecule has 1 aromatic heterocycles. The molecule has 102 valence electrons. The molecular weight excluding hydrogens is 252 g/mol. The summed E-state index contributed by atoms with van der Waals surface area (Å²) in [6.07, 6.45) is 2.97. The molecule has 2 aromatic rings. The molecule has 1 heterocycles. The van der Waals surface area contributed by atoms with Crippen LogP contribution in [0.4, 0.5) is 0 Å². The minimum absolute atomic E-state index is 0.343. The third kappa shape index (κ3) is 4.15. The van der Waals surface area contributed by atoms with Crippen LogP contribution in [0.25, 0.3) is 0 Å². The maximum atomic E-state index is 4.47. The molecule has 0 spiro atoms. The van der Waals surface area contributed by atoms with Crippen LogP contribution in [-0.2, 0) is 0 Å². The van der Waals surface area contributed by atoms with Gasteiger partial charge in [0, 0.05) is 17.6 Å². The maximum Gasteiger partial charge on any atom is 0.110 e. The second kappa shape index (κ2) is 6.83. The number of nitrogens with one attached hydrogen (secondary N) is 1. The van der Waals surface area contributed by atoms with Gasteiger partial charge in [0.05, 0.1) is 6.04 Å². The van der Waals surface area contributed by atoms with Crippen LogP contribution in [0.1, 0.15) is 49.7 Å². The van der Waals surface area contributed by atoms with E-state index in [2.05, 4.69) is 66.8 Å². The van der Waals surface area contributed by atoms with E-state index in [0.717, 1.165) is 6.42 Å². The Morgan fingerprint density at radius 1 is 1.16 bits per heavy atom. The Balaban J connectivity index is 2.08. The summed E-state index contributed by atoms with van der Waals surface area (Å²) in [5, 5.41) is 6.88. The third-order valence-corrected chi connectivity index (χ3v) is 4.13. The fourth-order valence-corrected chi connectivity index (χ4v) is 3.03. The lowest BCUT2D eigenvalue weighted by Gasteiger charge is -2.23. The minimum Gasteiger partial charge on any atom is -0.306 e. The first kappa shape index (κ1) is 14.2. The van der Waals surface area contributed by atoms with Gasteiger partial charge in [0.15, 0.2) is 0 Å². The zero-order valence-electron chi connectivity index (χ0n) is 11.8. The Labute approximate surface area is 119 Å². The van der Waals surface area contributed by atoms with Gasteiger partial charge in [-0.15, -0.1) is 11.3 Å².